The van der Waals surface area contributed by atoms with Crippen LogP contribution in [0.5, 0.6) is 0 Å². The van der Waals surface area contributed by atoms with Crippen LogP contribution in [0.25, 0.3) is 0 Å². The van der Waals surface area contributed by atoms with Gasteiger partial charge in [0.2, 0.25) is 5.91 Å². The highest BCUT2D eigenvalue weighted by Crippen LogP contribution is 2.23. The largest absolute Gasteiger partial charge is 0.363 e. The van der Waals surface area contributed by atoms with Gasteiger partial charge in [-0.3, -0.25) is 4.79 Å². The van der Waals surface area contributed by atoms with Crippen molar-refractivity contribution in [3.05, 3.63) is 0 Å². The molecule has 2 fully saturated rings. The lowest BCUT2D eigenvalue weighted by molar-refractivity contribution is -0.146. The van der Waals surface area contributed by atoms with Gasteiger partial charge < -0.3 is 15.0 Å². The van der Waals surface area contributed by atoms with Crippen molar-refractivity contribution in [2.75, 3.05) is 26.2 Å². The van der Waals surface area contributed by atoms with E-state index in [1.165, 1.54) is 0 Å². The zero-order valence-corrected chi connectivity index (χ0v) is 10.5. The Morgan fingerprint density at radius 2 is 2.19 bits per heavy atom. The molecule has 16 heavy (non-hydrogen) atoms. The maximum atomic E-state index is 12.0. The fourth-order valence-corrected chi connectivity index (χ4v) is 2.55. The minimum atomic E-state index is -0.121. The molecular formula is C12H22N2O2. The van der Waals surface area contributed by atoms with Gasteiger partial charge in [-0.1, -0.05) is 6.92 Å². The molecule has 2 rings (SSSR count). The Labute approximate surface area is 97.3 Å². The topological polar surface area (TPSA) is 41.6 Å². The highest BCUT2D eigenvalue weighted by atomic mass is 16.5. The number of carbonyl (C=O) groups is 1. The fourth-order valence-electron chi connectivity index (χ4n) is 2.55. The molecule has 2 unspecified atom stereocenters. The van der Waals surface area contributed by atoms with E-state index in [2.05, 4.69) is 19.2 Å². The molecule has 0 aromatic carbocycles. The zero-order chi connectivity index (χ0) is 11.8. The number of hydrogen-bond acceptors (Lipinski definition) is 3. The Morgan fingerprint density at radius 1 is 1.50 bits per heavy atom. The third kappa shape index (κ3) is 2.38. The molecule has 1 amide bonds. The van der Waals surface area contributed by atoms with Crippen LogP contribution in [0.2, 0.25) is 0 Å². The van der Waals surface area contributed by atoms with Crippen LogP contribution in [0.1, 0.15) is 27.2 Å². The lowest BCUT2D eigenvalue weighted by Crippen LogP contribution is -2.59. The van der Waals surface area contributed by atoms with Crippen molar-refractivity contribution in [3.8, 4) is 0 Å². The first-order valence-electron chi connectivity index (χ1n) is 6.14. The standard InChI is InChI=1S/C12H22N2O2/c1-9-4-10(2)14(5-9)11(15)6-16-12(3)7-13-8-12/h9-10,13H,4-8H2,1-3H3. The molecule has 92 valence electrons. The summed E-state index contributed by atoms with van der Waals surface area (Å²) in [4.78, 5) is 13.9. The van der Waals surface area contributed by atoms with Crippen molar-refractivity contribution in [1.82, 2.24) is 10.2 Å². The van der Waals surface area contributed by atoms with Gasteiger partial charge in [-0.2, -0.15) is 0 Å². The van der Waals surface area contributed by atoms with E-state index in [0.29, 0.717) is 12.0 Å². The summed E-state index contributed by atoms with van der Waals surface area (Å²) >= 11 is 0. The summed E-state index contributed by atoms with van der Waals surface area (Å²) in [6.07, 6.45) is 1.12. The maximum Gasteiger partial charge on any atom is 0.248 e. The van der Waals surface area contributed by atoms with E-state index in [1.54, 1.807) is 0 Å². The highest BCUT2D eigenvalue weighted by Gasteiger charge is 2.35. The molecule has 0 bridgehead atoms. The molecule has 1 N–H and O–H groups in total. The summed E-state index contributed by atoms with van der Waals surface area (Å²) in [6, 6.07) is 0.374. The van der Waals surface area contributed by atoms with Gasteiger partial charge in [-0.05, 0) is 26.2 Å². The van der Waals surface area contributed by atoms with Crippen molar-refractivity contribution < 1.29 is 9.53 Å². The molecule has 2 saturated heterocycles. The third-order valence-corrected chi connectivity index (χ3v) is 3.65. The van der Waals surface area contributed by atoms with Crippen LogP contribution in [0.4, 0.5) is 0 Å². The molecule has 2 aliphatic rings. The maximum absolute atomic E-state index is 12.0. The Hall–Kier alpha value is -0.610. The molecule has 4 heteroatoms. The van der Waals surface area contributed by atoms with Crippen LogP contribution in [-0.4, -0.2) is 48.7 Å². The van der Waals surface area contributed by atoms with Crippen LogP contribution in [0, 0.1) is 5.92 Å². The van der Waals surface area contributed by atoms with Crippen LogP contribution in [-0.2, 0) is 9.53 Å². The van der Waals surface area contributed by atoms with Gasteiger partial charge in [0.25, 0.3) is 0 Å². The molecule has 0 aromatic rings. The van der Waals surface area contributed by atoms with E-state index in [4.69, 9.17) is 4.74 Å². The summed E-state index contributed by atoms with van der Waals surface area (Å²) in [7, 11) is 0. The van der Waals surface area contributed by atoms with Gasteiger partial charge in [0, 0.05) is 25.7 Å². The van der Waals surface area contributed by atoms with E-state index in [1.807, 2.05) is 11.8 Å². The first-order chi connectivity index (χ1) is 7.50. The molecule has 2 aliphatic heterocycles. The summed E-state index contributed by atoms with van der Waals surface area (Å²) < 4.78 is 5.67. The minimum absolute atomic E-state index is 0.121. The zero-order valence-electron chi connectivity index (χ0n) is 10.5. The second-order valence-corrected chi connectivity index (χ2v) is 5.58. The average molecular weight is 226 g/mol. The number of nitrogens with one attached hydrogen (secondary N) is 1. The van der Waals surface area contributed by atoms with Crippen LogP contribution in [0.15, 0.2) is 0 Å². The second kappa shape index (κ2) is 4.34. The molecular weight excluding hydrogens is 204 g/mol. The van der Waals surface area contributed by atoms with E-state index < -0.39 is 0 Å². The summed E-state index contributed by atoms with van der Waals surface area (Å²) in [5.41, 5.74) is -0.121. The van der Waals surface area contributed by atoms with E-state index >= 15 is 0 Å². The summed E-state index contributed by atoms with van der Waals surface area (Å²) in [6.45, 7) is 9.19. The van der Waals surface area contributed by atoms with Crippen LogP contribution >= 0.6 is 0 Å². The first kappa shape index (κ1) is 11.9. The molecule has 0 aromatic heterocycles. The number of hydrogen-bond donors (Lipinski definition) is 1. The number of amides is 1. The molecule has 4 nitrogen and oxygen atoms in total. The van der Waals surface area contributed by atoms with Crippen molar-refractivity contribution >= 4 is 5.91 Å². The Balaban J connectivity index is 1.79. The van der Waals surface area contributed by atoms with E-state index in [0.717, 1.165) is 26.1 Å². The second-order valence-electron chi connectivity index (χ2n) is 5.58. The summed E-state index contributed by atoms with van der Waals surface area (Å²) in [5.74, 6) is 0.768. The monoisotopic (exact) mass is 226 g/mol. The smallest absolute Gasteiger partial charge is 0.248 e. The van der Waals surface area contributed by atoms with Crippen molar-refractivity contribution in [1.29, 1.82) is 0 Å². The van der Waals surface area contributed by atoms with Gasteiger partial charge in [0.05, 0.1) is 5.60 Å². The Bertz CT molecular complexity index is 276. The van der Waals surface area contributed by atoms with Gasteiger partial charge in [-0.25, -0.2) is 0 Å². The molecule has 2 atom stereocenters. The van der Waals surface area contributed by atoms with Crippen LogP contribution in [0.3, 0.4) is 0 Å². The number of ether oxygens (including phenoxy) is 1. The third-order valence-electron chi connectivity index (χ3n) is 3.65. The summed E-state index contributed by atoms with van der Waals surface area (Å²) in [5, 5.41) is 3.16. The lowest BCUT2D eigenvalue weighted by atomic mass is 10.0. The number of rotatable bonds is 3. The fraction of sp³-hybridized carbons (Fsp3) is 0.917. The normalized spacial score (nSPS) is 32.6. The van der Waals surface area contributed by atoms with Crippen molar-refractivity contribution in [3.63, 3.8) is 0 Å². The van der Waals surface area contributed by atoms with Gasteiger partial charge in [-0.15, -0.1) is 0 Å². The van der Waals surface area contributed by atoms with E-state index in [9.17, 15) is 4.79 Å². The minimum Gasteiger partial charge on any atom is -0.363 e. The number of likely N-dealkylation sites (tertiary alicyclic amines) is 1. The molecule has 0 aliphatic carbocycles. The Morgan fingerprint density at radius 3 is 2.62 bits per heavy atom. The average Bonchev–Trinajstić information content (AvgIpc) is 2.51. The molecule has 2 heterocycles. The van der Waals surface area contributed by atoms with E-state index in [-0.39, 0.29) is 18.1 Å². The van der Waals surface area contributed by atoms with Gasteiger partial charge in [0.1, 0.15) is 6.61 Å². The van der Waals surface area contributed by atoms with Gasteiger partial charge >= 0.3 is 0 Å². The lowest BCUT2D eigenvalue weighted by Gasteiger charge is -2.39. The van der Waals surface area contributed by atoms with Crippen LogP contribution < -0.4 is 5.32 Å². The first-order valence-corrected chi connectivity index (χ1v) is 6.14. The van der Waals surface area contributed by atoms with Crippen molar-refractivity contribution in [2.45, 2.75) is 38.8 Å². The number of nitrogens with zero attached hydrogens (tertiary/aromatic N) is 1. The number of carbonyl (C=O) groups excluding carboxylic acids is 1. The molecule has 0 saturated carbocycles. The molecule has 0 radical (unpaired) electrons. The predicted octanol–water partition coefficient (Wildman–Crippen LogP) is 0.622. The van der Waals surface area contributed by atoms with Crippen molar-refractivity contribution in [2.24, 2.45) is 5.92 Å². The van der Waals surface area contributed by atoms with Gasteiger partial charge in [0.15, 0.2) is 0 Å². The Kier molecular flexibility index (Phi) is 3.22. The highest BCUT2D eigenvalue weighted by molar-refractivity contribution is 5.78. The quantitative estimate of drug-likeness (QED) is 0.767. The molecule has 0 spiro atoms. The predicted molar refractivity (Wildman–Crippen MR) is 62.2 cm³/mol. The SMILES string of the molecule is CC1CC(C)N(C(=O)COC2(C)CNC2)C1.